The van der Waals surface area contributed by atoms with Crippen LogP contribution in [0.1, 0.15) is 22.5 Å². The van der Waals surface area contributed by atoms with Crippen LogP contribution < -0.4 is 0 Å². The molecule has 2 aromatic rings. The highest BCUT2D eigenvalue weighted by Gasteiger charge is 2.06. The van der Waals surface area contributed by atoms with Crippen LogP contribution in [0, 0.1) is 32.1 Å². The largest absolute Gasteiger partial charge is 0.238 e. The molecule has 0 aliphatic heterocycles. The number of hydrogen-bond donors (Lipinski definition) is 0. The van der Waals surface area contributed by atoms with E-state index in [1.54, 1.807) is 0 Å². The first-order chi connectivity index (χ1) is 7.61. The van der Waals surface area contributed by atoms with Crippen LogP contribution >= 0.6 is 0 Å². The van der Waals surface area contributed by atoms with Crippen LogP contribution in [0.4, 0.5) is 0 Å². The maximum Gasteiger partial charge on any atom is 0.0991 e. The fourth-order valence-electron chi connectivity index (χ4n) is 1.84. The molecule has 2 rings (SSSR count). The van der Waals surface area contributed by atoms with Gasteiger partial charge in [-0.1, -0.05) is 0 Å². The Morgan fingerprint density at radius 1 is 1.19 bits per heavy atom. The van der Waals surface area contributed by atoms with Crippen molar-refractivity contribution in [3.63, 3.8) is 0 Å². The van der Waals surface area contributed by atoms with Gasteiger partial charge in [-0.15, -0.1) is 0 Å². The van der Waals surface area contributed by atoms with E-state index in [0.29, 0.717) is 5.56 Å². The number of aryl methyl sites for hydroxylation is 3. The summed E-state index contributed by atoms with van der Waals surface area (Å²) in [5.41, 5.74) is 4.88. The Bertz CT molecular complexity index is 573. The molecular formula is C13H13N3. The Kier molecular flexibility index (Phi) is 2.49. The molecule has 0 aliphatic rings. The monoisotopic (exact) mass is 211 g/mol. The topological polar surface area (TPSA) is 41.6 Å². The summed E-state index contributed by atoms with van der Waals surface area (Å²) in [6, 6.07) is 9.81. The van der Waals surface area contributed by atoms with Crippen LogP contribution in [-0.4, -0.2) is 9.78 Å². The number of nitriles is 1. The van der Waals surface area contributed by atoms with Crippen LogP contribution in [0.25, 0.3) is 5.69 Å². The molecule has 0 unspecified atom stereocenters. The molecule has 0 radical (unpaired) electrons. The third-order valence-electron chi connectivity index (χ3n) is 2.56. The Morgan fingerprint density at radius 3 is 2.44 bits per heavy atom. The van der Waals surface area contributed by atoms with Crippen LogP contribution in [-0.2, 0) is 0 Å². The van der Waals surface area contributed by atoms with E-state index in [4.69, 9.17) is 5.26 Å². The molecule has 1 aromatic carbocycles. The van der Waals surface area contributed by atoms with E-state index in [9.17, 15) is 0 Å². The molecule has 0 atom stereocenters. The van der Waals surface area contributed by atoms with Gasteiger partial charge in [-0.25, -0.2) is 4.68 Å². The first-order valence-corrected chi connectivity index (χ1v) is 5.16. The summed E-state index contributed by atoms with van der Waals surface area (Å²) in [6.45, 7) is 5.99. The van der Waals surface area contributed by atoms with Gasteiger partial charge in [0.2, 0.25) is 0 Å². The lowest BCUT2D eigenvalue weighted by atomic mass is 10.1. The van der Waals surface area contributed by atoms with E-state index >= 15 is 0 Å². The minimum Gasteiger partial charge on any atom is -0.238 e. The Labute approximate surface area is 94.9 Å². The molecule has 1 aromatic heterocycles. The zero-order chi connectivity index (χ0) is 11.7. The van der Waals surface area contributed by atoms with Crippen molar-refractivity contribution in [3.05, 3.63) is 46.8 Å². The van der Waals surface area contributed by atoms with Crippen molar-refractivity contribution in [2.45, 2.75) is 20.8 Å². The van der Waals surface area contributed by atoms with Crippen LogP contribution in [0.15, 0.2) is 24.3 Å². The number of hydrogen-bond acceptors (Lipinski definition) is 2. The zero-order valence-electron chi connectivity index (χ0n) is 9.65. The van der Waals surface area contributed by atoms with Gasteiger partial charge in [0, 0.05) is 5.69 Å². The van der Waals surface area contributed by atoms with E-state index in [1.807, 2.05) is 49.7 Å². The van der Waals surface area contributed by atoms with Gasteiger partial charge in [0.05, 0.1) is 23.0 Å². The molecule has 0 N–H and O–H groups in total. The summed E-state index contributed by atoms with van der Waals surface area (Å²) in [5, 5.41) is 13.2. The van der Waals surface area contributed by atoms with Gasteiger partial charge in [-0.2, -0.15) is 10.4 Å². The Balaban J connectivity index is 2.57. The smallest absolute Gasteiger partial charge is 0.0991 e. The van der Waals surface area contributed by atoms with Crippen LogP contribution in [0.5, 0.6) is 0 Å². The molecular weight excluding hydrogens is 198 g/mol. The maximum absolute atomic E-state index is 8.81. The molecule has 3 nitrogen and oxygen atoms in total. The van der Waals surface area contributed by atoms with Crippen molar-refractivity contribution < 1.29 is 0 Å². The second-order valence-corrected chi connectivity index (χ2v) is 3.95. The van der Waals surface area contributed by atoms with E-state index in [2.05, 4.69) is 11.2 Å². The third-order valence-corrected chi connectivity index (χ3v) is 2.56. The number of benzene rings is 1. The van der Waals surface area contributed by atoms with Gasteiger partial charge in [0.15, 0.2) is 0 Å². The minimum absolute atomic E-state index is 0.683. The Hall–Kier alpha value is -2.08. The molecule has 80 valence electrons. The lowest BCUT2D eigenvalue weighted by molar-refractivity contribution is 0.827. The molecule has 0 amide bonds. The van der Waals surface area contributed by atoms with Crippen LogP contribution in [0.3, 0.4) is 0 Å². The molecule has 0 bridgehead atoms. The highest BCUT2D eigenvalue weighted by Crippen LogP contribution is 2.17. The zero-order valence-corrected chi connectivity index (χ0v) is 9.65. The fourth-order valence-corrected chi connectivity index (χ4v) is 1.84. The highest BCUT2D eigenvalue weighted by atomic mass is 15.3. The van der Waals surface area contributed by atoms with Crippen molar-refractivity contribution in [2.75, 3.05) is 0 Å². The summed E-state index contributed by atoms with van der Waals surface area (Å²) in [7, 11) is 0. The molecule has 16 heavy (non-hydrogen) atoms. The van der Waals surface area contributed by atoms with Crippen molar-refractivity contribution in [1.82, 2.24) is 9.78 Å². The minimum atomic E-state index is 0.683. The average molecular weight is 211 g/mol. The molecule has 3 heteroatoms. The predicted octanol–water partition coefficient (Wildman–Crippen LogP) is 2.67. The first kappa shape index (κ1) is 10.4. The second kappa shape index (κ2) is 3.82. The van der Waals surface area contributed by atoms with Gasteiger partial charge in [0.25, 0.3) is 0 Å². The van der Waals surface area contributed by atoms with E-state index in [-0.39, 0.29) is 0 Å². The van der Waals surface area contributed by atoms with Gasteiger partial charge in [0.1, 0.15) is 0 Å². The summed E-state index contributed by atoms with van der Waals surface area (Å²) >= 11 is 0. The molecule has 0 fully saturated rings. The second-order valence-electron chi connectivity index (χ2n) is 3.95. The SMILES string of the molecule is Cc1cc(C)n(-c2ccc(C#N)cc2C)n1. The van der Waals surface area contributed by atoms with E-state index < -0.39 is 0 Å². The molecule has 0 saturated heterocycles. The summed E-state index contributed by atoms with van der Waals surface area (Å²) in [6.07, 6.45) is 0. The lowest BCUT2D eigenvalue weighted by Gasteiger charge is -2.08. The van der Waals surface area contributed by atoms with Crippen molar-refractivity contribution >= 4 is 0 Å². The summed E-state index contributed by atoms with van der Waals surface area (Å²) in [4.78, 5) is 0. The third kappa shape index (κ3) is 1.70. The quantitative estimate of drug-likeness (QED) is 0.727. The molecule has 0 aliphatic carbocycles. The molecule has 1 heterocycles. The fraction of sp³-hybridized carbons (Fsp3) is 0.231. The number of nitrogens with zero attached hydrogens (tertiary/aromatic N) is 3. The van der Waals surface area contributed by atoms with E-state index in [0.717, 1.165) is 22.6 Å². The number of aromatic nitrogens is 2. The van der Waals surface area contributed by atoms with Gasteiger partial charge in [-0.05, 0) is 50.6 Å². The average Bonchev–Trinajstić information content (AvgIpc) is 2.57. The van der Waals surface area contributed by atoms with Crippen molar-refractivity contribution in [2.24, 2.45) is 0 Å². The van der Waals surface area contributed by atoms with Gasteiger partial charge >= 0.3 is 0 Å². The van der Waals surface area contributed by atoms with Gasteiger partial charge in [-0.3, -0.25) is 0 Å². The summed E-state index contributed by atoms with van der Waals surface area (Å²) in [5.74, 6) is 0. The normalized spacial score (nSPS) is 10.1. The number of rotatable bonds is 1. The van der Waals surface area contributed by atoms with Crippen molar-refractivity contribution in [3.8, 4) is 11.8 Å². The standard InChI is InChI=1S/C13H13N3/c1-9-6-12(8-14)4-5-13(9)16-11(3)7-10(2)15-16/h4-7H,1-3H3. The Morgan fingerprint density at radius 2 is 1.94 bits per heavy atom. The lowest BCUT2D eigenvalue weighted by Crippen LogP contribution is -2.01. The highest BCUT2D eigenvalue weighted by molar-refractivity contribution is 5.46. The first-order valence-electron chi connectivity index (χ1n) is 5.16. The maximum atomic E-state index is 8.81. The van der Waals surface area contributed by atoms with Gasteiger partial charge < -0.3 is 0 Å². The van der Waals surface area contributed by atoms with Crippen LogP contribution in [0.2, 0.25) is 0 Å². The predicted molar refractivity (Wildman–Crippen MR) is 62.5 cm³/mol. The molecule has 0 saturated carbocycles. The van der Waals surface area contributed by atoms with Crippen molar-refractivity contribution in [1.29, 1.82) is 5.26 Å². The molecule has 0 spiro atoms. The van der Waals surface area contributed by atoms with E-state index in [1.165, 1.54) is 0 Å². The summed E-state index contributed by atoms with van der Waals surface area (Å²) < 4.78 is 1.91.